The Morgan fingerprint density at radius 3 is 2.34 bits per heavy atom. The van der Waals surface area contributed by atoms with Crippen LogP contribution in [0.1, 0.15) is 29.0 Å². The molecule has 3 amide bonds. The molecule has 2 fully saturated rings. The van der Waals surface area contributed by atoms with Crippen molar-refractivity contribution < 1.29 is 14.0 Å². The number of piperidine rings is 1. The minimum absolute atomic E-state index is 0.0800. The molecular formula is C31H35FN4O2. The molecule has 2 heterocycles. The van der Waals surface area contributed by atoms with Gasteiger partial charge in [0.2, 0.25) is 5.91 Å². The minimum atomic E-state index is -0.281. The van der Waals surface area contributed by atoms with Crippen LogP contribution in [0.15, 0.2) is 78.9 Å². The van der Waals surface area contributed by atoms with Crippen LogP contribution in [-0.2, 0) is 11.3 Å². The van der Waals surface area contributed by atoms with E-state index < -0.39 is 0 Å². The second-order valence-corrected chi connectivity index (χ2v) is 10.4. The topological polar surface area (TPSA) is 55.9 Å². The van der Waals surface area contributed by atoms with Crippen LogP contribution in [0.2, 0.25) is 0 Å². The normalized spacial score (nSPS) is 19.8. The number of hydrogen-bond donors (Lipinski definition) is 1. The zero-order chi connectivity index (χ0) is 26.5. The smallest absolute Gasteiger partial charge is 0.317 e. The molecule has 2 atom stereocenters. The van der Waals surface area contributed by atoms with Crippen LogP contribution in [0.4, 0.5) is 14.9 Å². The number of likely N-dealkylation sites (tertiary alicyclic amines) is 1. The highest BCUT2D eigenvalue weighted by Gasteiger charge is 2.37. The van der Waals surface area contributed by atoms with Gasteiger partial charge in [-0.2, -0.15) is 0 Å². The molecule has 0 aliphatic carbocycles. The van der Waals surface area contributed by atoms with E-state index in [1.165, 1.54) is 11.6 Å². The number of urea groups is 1. The van der Waals surface area contributed by atoms with Gasteiger partial charge in [0, 0.05) is 51.7 Å². The van der Waals surface area contributed by atoms with Crippen LogP contribution >= 0.6 is 0 Å². The molecule has 3 aromatic rings. The highest BCUT2D eigenvalue weighted by atomic mass is 19.1. The van der Waals surface area contributed by atoms with Crippen molar-refractivity contribution in [2.24, 2.45) is 5.92 Å². The van der Waals surface area contributed by atoms with E-state index in [9.17, 15) is 14.0 Å². The standard InChI is InChI=1S/C31H35FN4O2/c1-23-8-7-11-25(18-23)26-19-27(22-36(21-26)31(38)33-20-24-9-3-2-4-10-24)30(37)35-16-14-34(15-17-35)29-13-6-5-12-28(29)32/h2-13,18,26-27H,14-17,19-22H2,1H3,(H,33,38). The fourth-order valence-electron chi connectivity index (χ4n) is 5.63. The van der Waals surface area contributed by atoms with Gasteiger partial charge in [-0.1, -0.05) is 72.3 Å². The van der Waals surface area contributed by atoms with Crippen LogP contribution in [0, 0.1) is 18.7 Å². The maximum Gasteiger partial charge on any atom is 0.317 e. The van der Waals surface area contributed by atoms with Gasteiger partial charge in [0.1, 0.15) is 5.82 Å². The Morgan fingerprint density at radius 2 is 1.61 bits per heavy atom. The maximum absolute atomic E-state index is 14.3. The largest absolute Gasteiger partial charge is 0.366 e. The number of aryl methyl sites for hydroxylation is 1. The molecule has 0 saturated carbocycles. The van der Waals surface area contributed by atoms with E-state index in [-0.39, 0.29) is 29.6 Å². The molecule has 0 bridgehead atoms. The molecule has 0 aromatic heterocycles. The van der Waals surface area contributed by atoms with Crippen molar-refractivity contribution in [2.75, 3.05) is 44.2 Å². The second-order valence-electron chi connectivity index (χ2n) is 10.4. The molecule has 6 nitrogen and oxygen atoms in total. The Bertz CT molecular complexity index is 1260. The first kappa shape index (κ1) is 25.8. The molecule has 7 heteroatoms. The Labute approximate surface area is 224 Å². The number of carbonyl (C=O) groups is 2. The SMILES string of the molecule is Cc1cccc(C2CC(C(=O)N3CCN(c4ccccc4F)CC3)CN(C(=O)NCc3ccccc3)C2)c1. The zero-order valence-electron chi connectivity index (χ0n) is 21.9. The molecule has 0 radical (unpaired) electrons. The van der Waals surface area contributed by atoms with E-state index in [4.69, 9.17) is 0 Å². The fourth-order valence-corrected chi connectivity index (χ4v) is 5.63. The Kier molecular flexibility index (Phi) is 7.91. The van der Waals surface area contributed by atoms with Gasteiger partial charge in [-0.15, -0.1) is 0 Å². The predicted molar refractivity (Wildman–Crippen MR) is 147 cm³/mol. The number of carbonyl (C=O) groups excluding carboxylic acids is 2. The number of amides is 3. The molecule has 38 heavy (non-hydrogen) atoms. The number of hydrogen-bond acceptors (Lipinski definition) is 3. The van der Waals surface area contributed by atoms with Crippen LogP contribution in [0.5, 0.6) is 0 Å². The Hall–Kier alpha value is -3.87. The minimum Gasteiger partial charge on any atom is -0.366 e. The van der Waals surface area contributed by atoms with Crippen molar-refractivity contribution in [3.8, 4) is 0 Å². The van der Waals surface area contributed by atoms with Crippen molar-refractivity contribution in [1.29, 1.82) is 0 Å². The summed E-state index contributed by atoms with van der Waals surface area (Å²) in [4.78, 5) is 32.7. The van der Waals surface area contributed by atoms with Crippen molar-refractivity contribution in [3.63, 3.8) is 0 Å². The maximum atomic E-state index is 14.3. The highest BCUT2D eigenvalue weighted by molar-refractivity contribution is 5.81. The summed E-state index contributed by atoms with van der Waals surface area (Å²) in [5.41, 5.74) is 3.94. The van der Waals surface area contributed by atoms with E-state index in [2.05, 4.69) is 30.4 Å². The molecule has 3 aromatic carbocycles. The third kappa shape index (κ3) is 5.98. The number of para-hydroxylation sites is 1. The van der Waals surface area contributed by atoms with Crippen LogP contribution in [0.25, 0.3) is 0 Å². The van der Waals surface area contributed by atoms with E-state index in [0.717, 1.165) is 11.1 Å². The van der Waals surface area contributed by atoms with E-state index in [0.29, 0.717) is 57.9 Å². The summed E-state index contributed by atoms with van der Waals surface area (Å²) in [5, 5.41) is 3.04. The molecule has 2 saturated heterocycles. The first-order chi connectivity index (χ1) is 18.5. The monoisotopic (exact) mass is 514 g/mol. The number of benzene rings is 3. The number of halogens is 1. The van der Waals surface area contributed by atoms with Crippen molar-refractivity contribution in [2.45, 2.75) is 25.8 Å². The zero-order valence-corrected chi connectivity index (χ0v) is 21.9. The third-order valence-corrected chi connectivity index (χ3v) is 7.67. The van der Waals surface area contributed by atoms with Gasteiger partial charge < -0.3 is 20.0 Å². The van der Waals surface area contributed by atoms with Crippen LogP contribution in [0.3, 0.4) is 0 Å². The lowest BCUT2D eigenvalue weighted by atomic mass is 9.83. The van der Waals surface area contributed by atoms with Crippen LogP contribution < -0.4 is 10.2 Å². The average Bonchev–Trinajstić information content (AvgIpc) is 2.96. The molecule has 5 rings (SSSR count). The van der Waals surface area contributed by atoms with Crippen molar-refractivity contribution in [3.05, 3.63) is 101 Å². The van der Waals surface area contributed by atoms with E-state index in [1.54, 1.807) is 17.0 Å². The molecule has 2 unspecified atom stereocenters. The summed E-state index contributed by atoms with van der Waals surface area (Å²) in [7, 11) is 0. The van der Waals surface area contributed by atoms with Gasteiger partial charge in [-0.05, 0) is 36.6 Å². The Balaban J connectivity index is 1.27. The first-order valence-corrected chi connectivity index (χ1v) is 13.4. The summed E-state index contributed by atoms with van der Waals surface area (Å²) < 4.78 is 14.3. The van der Waals surface area contributed by atoms with E-state index >= 15 is 0 Å². The summed E-state index contributed by atoms with van der Waals surface area (Å²) in [6.45, 7) is 5.74. The molecule has 1 N–H and O–H groups in total. The van der Waals surface area contributed by atoms with Gasteiger partial charge in [-0.3, -0.25) is 4.79 Å². The van der Waals surface area contributed by atoms with Crippen molar-refractivity contribution in [1.82, 2.24) is 15.1 Å². The van der Waals surface area contributed by atoms with Gasteiger partial charge in [0.05, 0.1) is 11.6 Å². The molecule has 2 aliphatic heterocycles. The highest BCUT2D eigenvalue weighted by Crippen LogP contribution is 2.32. The quantitative estimate of drug-likeness (QED) is 0.532. The number of nitrogens with zero attached hydrogens (tertiary/aromatic N) is 3. The average molecular weight is 515 g/mol. The number of nitrogens with one attached hydrogen (secondary N) is 1. The molecular weight excluding hydrogens is 479 g/mol. The summed E-state index contributed by atoms with van der Waals surface area (Å²) in [6.07, 6.45) is 0.707. The van der Waals surface area contributed by atoms with Gasteiger partial charge >= 0.3 is 6.03 Å². The van der Waals surface area contributed by atoms with Crippen molar-refractivity contribution >= 4 is 17.6 Å². The second kappa shape index (κ2) is 11.7. The molecule has 2 aliphatic rings. The van der Waals surface area contributed by atoms with E-state index in [1.807, 2.05) is 52.3 Å². The lowest BCUT2D eigenvalue weighted by Crippen LogP contribution is -2.55. The van der Waals surface area contributed by atoms with Crippen LogP contribution in [-0.4, -0.2) is 61.0 Å². The lowest BCUT2D eigenvalue weighted by Gasteiger charge is -2.41. The summed E-state index contributed by atoms with van der Waals surface area (Å²) in [6, 6.07) is 24.8. The van der Waals surface area contributed by atoms with Gasteiger partial charge in [-0.25, -0.2) is 9.18 Å². The molecule has 198 valence electrons. The van der Waals surface area contributed by atoms with Gasteiger partial charge in [0.25, 0.3) is 0 Å². The van der Waals surface area contributed by atoms with Gasteiger partial charge in [0.15, 0.2) is 0 Å². The predicted octanol–water partition coefficient (Wildman–Crippen LogP) is 4.80. The lowest BCUT2D eigenvalue weighted by molar-refractivity contribution is -0.137. The fraction of sp³-hybridized carbons (Fsp3) is 0.355. The number of piperazine rings is 1. The Morgan fingerprint density at radius 1 is 0.868 bits per heavy atom. The molecule has 0 spiro atoms. The summed E-state index contributed by atoms with van der Waals surface area (Å²) >= 11 is 0. The third-order valence-electron chi connectivity index (χ3n) is 7.67. The summed E-state index contributed by atoms with van der Waals surface area (Å²) in [5.74, 6) is -0.356. The number of rotatable bonds is 5. The number of anilines is 1. The first-order valence-electron chi connectivity index (χ1n) is 13.4.